The predicted molar refractivity (Wildman–Crippen MR) is 92.0 cm³/mol. The maximum atomic E-state index is 12.7. The van der Waals surface area contributed by atoms with Crippen molar-refractivity contribution >= 4 is 22.7 Å². The van der Waals surface area contributed by atoms with Gasteiger partial charge in [-0.05, 0) is 43.7 Å². The first-order valence-corrected chi connectivity index (χ1v) is 8.26. The van der Waals surface area contributed by atoms with Crippen LogP contribution in [0, 0.1) is 0 Å². The fraction of sp³-hybridized carbons (Fsp3) is 0.333. The highest BCUT2D eigenvalue weighted by Gasteiger charge is 2.21. The first kappa shape index (κ1) is 15.0. The van der Waals surface area contributed by atoms with Crippen molar-refractivity contribution in [3.63, 3.8) is 0 Å². The fourth-order valence-corrected chi connectivity index (χ4v) is 3.38. The minimum absolute atomic E-state index is 0.166. The Morgan fingerprint density at radius 3 is 3.08 bits per heavy atom. The van der Waals surface area contributed by atoms with Gasteiger partial charge >= 0.3 is 0 Å². The SMILES string of the molecule is Cn1c(C(=O)Nc2nccc3occc23)ccc1C1CCCCN1. The second-order valence-corrected chi connectivity index (χ2v) is 6.15. The number of pyridine rings is 1. The quantitative estimate of drug-likeness (QED) is 0.776. The van der Waals surface area contributed by atoms with E-state index in [9.17, 15) is 4.79 Å². The monoisotopic (exact) mass is 324 g/mol. The van der Waals surface area contributed by atoms with Crippen molar-refractivity contribution in [1.82, 2.24) is 14.9 Å². The molecular formula is C18H20N4O2. The van der Waals surface area contributed by atoms with E-state index in [1.54, 1.807) is 24.6 Å². The number of piperidine rings is 1. The van der Waals surface area contributed by atoms with Crippen LogP contribution in [-0.2, 0) is 7.05 Å². The fourth-order valence-electron chi connectivity index (χ4n) is 3.38. The molecule has 0 aliphatic carbocycles. The summed E-state index contributed by atoms with van der Waals surface area (Å²) >= 11 is 0. The number of carbonyl (C=O) groups excluding carboxylic acids is 1. The lowest BCUT2D eigenvalue weighted by molar-refractivity contribution is 0.101. The Balaban J connectivity index is 1.58. The third-order valence-corrected chi connectivity index (χ3v) is 4.67. The van der Waals surface area contributed by atoms with Crippen LogP contribution in [0.25, 0.3) is 11.0 Å². The number of nitrogens with zero attached hydrogens (tertiary/aromatic N) is 2. The second-order valence-electron chi connectivity index (χ2n) is 6.15. The number of furan rings is 1. The maximum absolute atomic E-state index is 12.7. The van der Waals surface area contributed by atoms with Crippen molar-refractivity contribution in [2.24, 2.45) is 7.05 Å². The van der Waals surface area contributed by atoms with Crippen LogP contribution in [0.2, 0.25) is 0 Å². The lowest BCUT2D eigenvalue weighted by Crippen LogP contribution is -2.29. The van der Waals surface area contributed by atoms with Gasteiger partial charge in [-0.1, -0.05) is 6.42 Å². The van der Waals surface area contributed by atoms with Gasteiger partial charge in [-0.3, -0.25) is 4.79 Å². The summed E-state index contributed by atoms with van der Waals surface area (Å²) in [5, 5.41) is 7.21. The standard InChI is InChI=1S/C18H20N4O2/c1-22-14(13-4-2-3-9-19-13)5-6-15(22)18(23)21-17-12-8-11-24-16(12)7-10-20-17/h5-8,10-11,13,19H,2-4,9H2,1H3,(H,20,21,23). The number of fused-ring (bicyclic) bond motifs is 1. The van der Waals surface area contributed by atoms with Crippen LogP contribution in [0.15, 0.2) is 41.1 Å². The van der Waals surface area contributed by atoms with Gasteiger partial charge in [0.2, 0.25) is 0 Å². The van der Waals surface area contributed by atoms with Crippen LogP contribution in [0.5, 0.6) is 0 Å². The zero-order chi connectivity index (χ0) is 16.5. The topological polar surface area (TPSA) is 72.1 Å². The molecule has 1 saturated heterocycles. The zero-order valence-electron chi connectivity index (χ0n) is 13.6. The van der Waals surface area contributed by atoms with Gasteiger partial charge in [-0.2, -0.15) is 0 Å². The summed E-state index contributed by atoms with van der Waals surface area (Å²) in [6.07, 6.45) is 6.77. The van der Waals surface area contributed by atoms with Gasteiger partial charge in [0.15, 0.2) is 0 Å². The van der Waals surface area contributed by atoms with E-state index in [4.69, 9.17) is 4.42 Å². The predicted octanol–water partition coefficient (Wildman–Crippen LogP) is 3.23. The molecule has 0 aromatic carbocycles. The van der Waals surface area contributed by atoms with E-state index >= 15 is 0 Å². The number of carbonyl (C=O) groups is 1. The Morgan fingerprint density at radius 2 is 2.25 bits per heavy atom. The third-order valence-electron chi connectivity index (χ3n) is 4.67. The number of amides is 1. The molecule has 2 N–H and O–H groups in total. The Kier molecular flexibility index (Phi) is 3.82. The molecule has 1 fully saturated rings. The first-order valence-electron chi connectivity index (χ1n) is 8.26. The Bertz CT molecular complexity index is 874. The smallest absolute Gasteiger partial charge is 0.273 e. The molecule has 0 radical (unpaired) electrons. The van der Waals surface area contributed by atoms with Crippen molar-refractivity contribution in [3.05, 3.63) is 48.1 Å². The molecule has 1 atom stereocenters. The number of hydrogen-bond acceptors (Lipinski definition) is 4. The molecule has 4 rings (SSSR count). The van der Waals surface area contributed by atoms with Gasteiger partial charge in [0.1, 0.15) is 17.1 Å². The minimum atomic E-state index is -0.166. The van der Waals surface area contributed by atoms with Gasteiger partial charge in [0.25, 0.3) is 5.91 Å². The first-order chi connectivity index (χ1) is 11.7. The summed E-state index contributed by atoms with van der Waals surface area (Å²) < 4.78 is 7.31. The van der Waals surface area contributed by atoms with E-state index in [-0.39, 0.29) is 5.91 Å². The molecule has 1 aliphatic rings. The molecule has 1 unspecified atom stereocenters. The summed E-state index contributed by atoms with van der Waals surface area (Å²) in [5.41, 5.74) is 2.48. The second kappa shape index (κ2) is 6.13. The Morgan fingerprint density at radius 1 is 1.33 bits per heavy atom. The Labute approximate surface area is 139 Å². The van der Waals surface area contributed by atoms with Gasteiger partial charge in [0.05, 0.1) is 11.6 Å². The highest BCUT2D eigenvalue weighted by Crippen LogP contribution is 2.26. The molecule has 1 amide bonds. The molecule has 3 aromatic heterocycles. The number of nitrogens with one attached hydrogen (secondary N) is 2. The molecular weight excluding hydrogens is 304 g/mol. The summed E-state index contributed by atoms with van der Waals surface area (Å²) in [7, 11) is 1.94. The van der Waals surface area contributed by atoms with Crippen LogP contribution in [0.1, 0.15) is 41.5 Å². The van der Waals surface area contributed by atoms with E-state index in [0.29, 0.717) is 23.1 Å². The van der Waals surface area contributed by atoms with Crippen molar-refractivity contribution < 1.29 is 9.21 Å². The Hall–Kier alpha value is -2.60. The van der Waals surface area contributed by atoms with Crippen LogP contribution in [0.3, 0.4) is 0 Å². The molecule has 0 bridgehead atoms. The molecule has 0 spiro atoms. The highest BCUT2D eigenvalue weighted by molar-refractivity contribution is 6.06. The lowest BCUT2D eigenvalue weighted by Gasteiger charge is -2.24. The molecule has 6 heteroatoms. The molecule has 3 aromatic rings. The average Bonchev–Trinajstić information content (AvgIpc) is 3.23. The average molecular weight is 324 g/mol. The number of aromatic nitrogens is 2. The number of rotatable bonds is 3. The molecule has 6 nitrogen and oxygen atoms in total. The molecule has 24 heavy (non-hydrogen) atoms. The van der Waals surface area contributed by atoms with E-state index in [0.717, 1.165) is 24.0 Å². The summed E-state index contributed by atoms with van der Waals surface area (Å²) in [6.45, 7) is 1.03. The van der Waals surface area contributed by atoms with E-state index in [1.165, 1.54) is 12.8 Å². The maximum Gasteiger partial charge on any atom is 0.273 e. The van der Waals surface area contributed by atoms with Crippen molar-refractivity contribution in [1.29, 1.82) is 0 Å². The molecule has 1 aliphatic heterocycles. The third kappa shape index (κ3) is 2.59. The van der Waals surface area contributed by atoms with Crippen LogP contribution in [0.4, 0.5) is 5.82 Å². The molecule has 4 heterocycles. The lowest BCUT2D eigenvalue weighted by atomic mass is 10.0. The number of anilines is 1. The highest BCUT2D eigenvalue weighted by atomic mass is 16.3. The van der Waals surface area contributed by atoms with Crippen molar-refractivity contribution in [2.75, 3.05) is 11.9 Å². The van der Waals surface area contributed by atoms with Crippen LogP contribution < -0.4 is 10.6 Å². The normalized spacial score (nSPS) is 18.0. The van der Waals surface area contributed by atoms with Crippen molar-refractivity contribution in [3.8, 4) is 0 Å². The van der Waals surface area contributed by atoms with Crippen LogP contribution >= 0.6 is 0 Å². The molecule has 124 valence electrons. The zero-order valence-corrected chi connectivity index (χ0v) is 13.6. The van der Waals surface area contributed by atoms with Crippen LogP contribution in [-0.4, -0.2) is 22.0 Å². The van der Waals surface area contributed by atoms with E-state index < -0.39 is 0 Å². The molecule has 0 saturated carbocycles. The van der Waals surface area contributed by atoms with Gasteiger partial charge < -0.3 is 19.6 Å². The summed E-state index contributed by atoms with van der Waals surface area (Å²) in [4.78, 5) is 16.9. The summed E-state index contributed by atoms with van der Waals surface area (Å²) in [6, 6.07) is 7.81. The largest absolute Gasteiger partial charge is 0.464 e. The van der Waals surface area contributed by atoms with Crippen molar-refractivity contribution in [2.45, 2.75) is 25.3 Å². The van der Waals surface area contributed by atoms with Gasteiger partial charge in [-0.15, -0.1) is 0 Å². The number of hydrogen-bond donors (Lipinski definition) is 2. The van der Waals surface area contributed by atoms with Gasteiger partial charge in [0, 0.05) is 25.0 Å². The van der Waals surface area contributed by atoms with E-state index in [2.05, 4.69) is 15.6 Å². The van der Waals surface area contributed by atoms with E-state index in [1.807, 2.05) is 23.7 Å². The van der Waals surface area contributed by atoms with Gasteiger partial charge in [-0.25, -0.2) is 4.98 Å². The minimum Gasteiger partial charge on any atom is -0.464 e. The summed E-state index contributed by atoms with van der Waals surface area (Å²) in [5.74, 6) is 0.352.